The molecule has 40 heavy (non-hydrogen) atoms. The van der Waals surface area contributed by atoms with E-state index in [0.717, 1.165) is 0 Å². The summed E-state index contributed by atoms with van der Waals surface area (Å²) < 4.78 is 30.1. The van der Waals surface area contributed by atoms with Gasteiger partial charge in [0.2, 0.25) is 5.95 Å². The van der Waals surface area contributed by atoms with E-state index in [0.29, 0.717) is 34.8 Å². The first-order valence-electron chi connectivity index (χ1n) is 12.7. The SMILES string of the molecule is COCCOc1cc(F)ccc1Nc1nccc(-c2cc(C#N)c3c(c2)[C@@](C)(CO)CN3C(=O)OC(C)(C)C)n1. The zero-order chi connectivity index (χ0) is 29.1. The number of fused-ring (bicyclic) bond motifs is 1. The zero-order valence-electron chi connectivity index (χ0n) is 23.1. The second kappa shape index (κ2) is 11.5. The predicted molar refractivity (Wildman–Crippen MR) is 147 cm³/mol. The number of hydrogen-bond donors (Lipinski definition) is 2. The van der Waals surface area contributed by atoms with Crippen LogP contribution in [0.5, 0.6) is 5.75 Å². The Balaban J connectivity index is 1.71. The number of nitrogens with zero attached hydrogens (tertiary/aromatic N) is 4. The summed E-state index contributed by atoms with van der Waals surface area (Å²) in [6.45, 7) is 7.59. The molecule has 0 bridgehead atoms. The van der Waals surface area contributed by atoms with Crippen LogP contribution in [0.4, 0.5) is 26.5 Å². The van der Waals surface area contributed by atoms with Gasteiger partial charge in [0.25, 0.3) is 0 Å². The van der Waals surface area contributed by atoms with Crippen molar-refractivity contribution in [1.82, 2.24) is 9.97 Å². The zero-order valence-corrected chi connectivity index (χ0v) is 23.1. The van der Waals surface area contributed by atoms with Gasteiger partial charge in [-0.05, 0) is 56.7 Å². The first-order chi connectivity index (χ1) is 19.0. The molecule has 1 aromatic heterocycles. The Bertz CT molecular complexity index is 1450. The molecule has 0 aliphatic carbocycles. The Hall–Kier alpha value is -4.27. The molecule has 0 fully saturated rings. The molecule has 4 rings (SSSR count). The van der Waals surface area contributed by atoms with Gasteiger partial charge in [-0.3, -0.25) is 4.90 Å². The molecule has 1 aliphatic rings. The highest BCUT2D eigenvalue weighted by atomic mass is 19.1. The van der Waals surface area contributed by atoms with Gasteiger partial charge in [0.1, 0.15) is 29.8 Å². The summed E-state index contributed by atoms with van der Waals surface area (Å²) in [7, 11) is 1.54. The number of methoxy groups -OCH3 is 1. The van der Waals surface area contributed by atoms with Gasteiger partial charge in [0.05, 0.1) is 35.8 Å². The first-order valence-corrected chi connectivity index (χ1v) is 12.7. The molecular weight excluding hydrogens is 517 g/mol. The molecule has 1 aliphatic heterocycles. The van der Waals surface area contributed by atoms with Crippen molar-refractivity contribution in [2.24, 2.45) is 0 Å². The van der Waals surface area contributed by atoms with Crippen molar-refractivity contribution in [3.8, 4) is 23.1 Å². The predicted octanol–water partition coefficient (Wildman–Crippen LogP) is 4.93. The Morgan fingerprint density at radius 1 is 1.25 bits per heavy atom. The van der Waals surface area contributed by atoms with Gasteiger partial charge in [-0.15, -0.1) is 0 Å². The number of aliphatic hydroxyl groups is 1. The second-order valence-corrected chi connectivity index (χ2v) is 10.7. The van der Waals surface area contributed by atoms with E-state index in [1.807, 2.05) is 13.0 Å². The summed E-state index contributed by atoms with van der Waals surface area (Å²) in [6.07, 6.45) is 0.962. The topological polar surface area (TPSA) is 130 Å². The number of carbonyl (C=O) groups is 1. The smallest absolute Gasteiger partial charge is 0.414 e. The molecule has 0 saturated carbocycles. The van der Waals surface area contributed by atoms with Crippen molar-refractivity contribution >= 4 is 23.4 Å². The van der Waals surface area contributed by atoms with Crippen LogP contribution >= 0.6 is 0 Å². The van der Waals surface area contributed by atoms with Crippen LogP contribution in [-0.4, -0.2) is 60.2 Å². The fraction of sp³-hybridized carbons (Fsp3) is 0.379. The van der Waals surface area contributed by atoms with Crippen LogP contribution in [0.15, 0.2) is 42.6 Å². The van der Waals surface area contributed by atoms with Gasteiger partial charge in [-0.1, -0.05) is 6.92 Å². The number of aromatic nitrogens is 2. The minimum Gasteiger partial charge on any atom is -0.489 e. The van der Waals surface area contributed by atoms with E-state index in [-0.39, 0.29) is 37.0 Å². The van der Waals surface area contributed by atoms with E-state index in [9.17, 15) is 19.6 Å². The quantitative estimate of drug-likeness (QED) is 0.376. The fourth-order valence-electron chi connectivity index (χ4n) is 4.39. The molecule has 0 saturated heterocycles. The summed E-state index contributed by atoms with van der Waals surface area (Å²) in [4.78, 5) is 23.3. The van der Waals surface area contributed by atoms with E-state index in [1.165, 1.54) is 23.1 Å². The number of nitriles is 1. The molecule has 1 atom stereocenters. The molecule has 2 heterocycles. The maximum Gasteiger partial charge on any atom is 0.414 e. The highest BCUT2D eigenvalue weighted by Gasteiger charge is 2.44. The van der Waals surface area contributed by atoms with Gasteiger partial charge >= 0.3 is 6.09 Å². The number of aliphatic hydroxyl groups excluding tert-OH is 1. The van der Waals surface area contributed by atoms with Crippen molar-refractivity contribution in [2.75, 3.05) is 43.7 Å². The Morgan fingerprint density at radius 3 is 2.70 bits per heavy atom. The number of halogens is 1. The number of carbonyl (C=O) groups excluding carboxylic acids is 1. The maximum atomic E-state index is 13.9. The highest BCUT2D eigenvalue weighted by Crippen LogP contribution is 2.45. The number of ether oxygens (including phenoxy) is 3. The molecule has 0 radical (unpaired) electrons. The molecule has 0 spiro atoms. The lowest BCUT2D eigenvalue weighted by Crippen LogP contribution is -2.40. The number of hydrogen-bond acceptors (Lipinski definition) is 9. The average Bonchev–Trinajstić information content (AvgIpc) is 3.22. The third-order valence-electron chi connectivity index (χ3n) is 6.31. The largest absolute Gasteiger partial charge is 0.489 e. The third-order valence-corrected chi connectivity index (χ3v) is 6.31. The summed E-state index contributed by atoms with van der Waals surface area (Å²) >= 11 is 0. The summed E-state index contributed by atoms with van der Waals surface area (Å²) in [5, 5.41) is 23.4. The van der Waals surface area contributed by atoms with Crippen LogP contribution in [0, 0.1) is 17.1 Å². The van der Waals surface area contributed by atoms with Crippen molar-refractivity contribution in [1.29, 1.82) is 5.26 Å². The lowest BCUT2D eigenvalue weighted by Gasteiger charge is -2.26. The van der Waals surface area contributed by atoms with Crippen LogP contribution < -0.4 is 15.0 Å². The average molecular weight is 550 g/mol. The highest BCUT2D eigenvalue weighted by molar-refractivity contribution is 5.95. The third kappa shape index (κ3) is 6.14. The Morgan fingerprint density at radius 2 is 2.02 bits per heavy atom. The van der Waals surface area contributed by atoms with Crippen LogP contribution in [-0.2, 0) is 14.9 Å². The van der Waals surface area contributed by atoms with Gasteiger partial charge in [0.15, 0.2) is 0 Å². The van der Waals surface area contributed by atoms with Gasteiger partial charge in [-0.25, -0.2) is 19.2 Å². The van der Waals surface area contributed by atoms with Gasteiger partial charge < -0.3 is 24.6 Å². The van der Waals surface area contributed by atoms with Gasteiger partial charge in [0, 0.05) is 36.9 Å². The molecule has 11 heteroatoms. The summed E-state index contributed by atoms with van der Waals surface area (Å²) in [5.74, 6) is 0.0403. The number of nitrogens with one attached hydrogen (secondary N) is 1. The second-order valence-electron chi connectivity index (χ2n) is 10.7. The van der Waals surface area contributed by atoms with Crippen molar-refractivity contribution < 1.29 is 28.5 Å². The van der Waals surface area contributed by atoms with E-state index < -0.39 is 22.9 Å². The lowest BCUT2D eigenvalue weighted by molar-refractivity contribution is 0.0575. The number of rotatable bonds is 8. The van der Waals surface area contributed by atoms with Crippen LogP contribution in [0.1, 0.15) is 38.8 Å². The van der Waals surface area contributed by atoms with E-state index in [1.54, 1.807) is 46.2 Å². The van der Waals surface area contributed by atoms with Gasteiger partial charge in [-0.2, -0.15) is 5.26 Å². The van der Waals surface area contributed by atoms with E-state index in [4.69, 9.17) is 14.2 Å². The van der Waals surface area contributed by atoms with Crippen molar-refractivity contribution in [3.05, 3.63) is 59.5 Å². The molecule has 1 amide bonds. The molecule has 0 unspecified atom stereocenters. The number of amides is 1. The fourth-order valence-corrected chi connectivity index (χ4v) is 4.39. The molecule has 2 N–H and O–H groups in total. The summed E-state index contributed by atoms with van der Waals surface area (Å²) in [5.41, 5.74) is 1.29. The minimum atomic E-state index is -0.829. The molecule has 10 nitrogen and oxygen atoms in total. The lowest BCUT2D eigenvalue weighted by atomic mass is 9.83. The van der Waals surface area contributed by atoms with E-state index in [2.05, 4.69) is 21.4 Å². The number of anilines is 3. The van der Waals surface area contributed by atoms with Crippen LogP contribution in [0.2, 0.25) is 0 Å². The van der Waals surface area contributed by atoms with Crippen LogP contribution in [0.3, 0.4) is 0 Å². The van der Waals surface area contributed by atoms with E-state index >= 15 is 0 Å². The molecule has 2 aromatic carbocycles. The summed E-state index contributed by atoms with van der Waals surface area (Å²) in [6, 6.07) is 11.4. The molecule has 210 valence electrons. The number of benzene rings is 2. The molecular formula is C29H32FN5O5. The monoisotopic (exact) mass is 549 g/mol. The normalized spacial score (nSPS) is 16.3. The molecule has 3 aromatic rings. The standard InChI is InChI=1S/C29H32FN5O5/c1-28(2,3)40-27(37)35-16-29(4,17-36)21-13-18(12-19(15-31)25(21)35)22-8-9-32-26(33-22)34-23-7-6-20(30)14-24(23)39-11-10-38-5/h6-9,12-14,36H,10-11,16-17H2,1-5H3,(H,32,33,34)/t29-/m1/s1. The van der Waals surface area contributed by atoms with Crippen LogP contribution in [0.25, 0.3) is 11.3 Å². The Labute approximate surface area is 232 Å². The van der Waals surface area contributed by atoms with Crippen molar-refractivity contribution in [3.63, 3.8) is 0 Å². The Kier molecular flexibility index (Phi) is 8.23. The van der Waals surface area contributed by atoms with Crippen molar-refractivity contribution in [2.45, 2.75) is 38.7 Å². The maximum absolute atomic E-state index is 13.9. The minimum absolute atomic E-state index is 0.152. The first kappa shape index (κ1) is 28.7.